The van der Waals surface area contributed by atoms with Crippen LogP contribution >= 0.6 is 0 Å². The summed E-state index contributed by atoms with van der Waals surface area (Å²) in [7, 11) is 0. The average molecular weight is 128 g/mol. The topological polar surface area (TPSA) is 29.3 Å². The van der Waals surface area contributed by atoms with Crippen LogP contribution in [0, 0.1) is 0 Å². The molecule has 1 saturated heterocycles. The summed E-state index contributed by atoms with van der Waals surface area (Å²) >= 11 is 0. The molecule has 0 amide bonds. The van der Waals surface area contributed by atoms with Crippen LogP contribution in [0.3, 0.4) is 0 Å². The van der Waals surface area contributed by atoms with Crippen molar-refractivity contribution in [3.05, 3.63) is 0 Å². The zero-order valence-electron chi connectivity index (χ0n) is 6.30. The molecule has 1 rings (SSSR count). The Balaban J connectivity index is 2.41. The third kappa shape index (κ3) is 1.25. The van der Waals surface area contributed by atoms with E-state index in [1.807, 2.05) is 5.01 Å². The number of hydrazine groups is 1. The number of rotatable bonds is 1. The Hall–Kier alpha value is -0.0800. The maximum Gasteiger partial charge on any atom is 0.0242 e. The van der Waals surface area contributed by atoms with Crippen LogP contribution in [-0.4, -0.2) is 17.1 Å². The molecule has 0 radical (unpaired) electrons. The van der Waals surface area contributed by atoms with E-state index in [1.165, 1.54) is 19.3 Å². The highest BCUT2D eigenvalue weighted by Gasteiger charge is 2.25. The Kier molecular flexibility index (Phi) is 2.09. The zero-order chi connectivity index (χ0) is 6.85. The fourth-order valence-electron chi connectivity index (χ4n) is 1.51. The molecule has 0 spiro atoms. The molecule has 9 heavy (non-hydrogen) atoms. The van der Waals surface area contributed by atoms with Crippen molar-refractivity contribution in [2.45, 2.75) is 45.2 Å². The van der Waals surface area contributed by atoms with E-state index in [1.54, 1.807) is 0 Å². The molecule has 1 heterocycles. The minimum Gasteiger partial charge on any atom is -0.268 e. The lowest BCUT2D eigenvalue weighted by atomic mass is 10.2. The maximum atomic E-state index is 5.77. The molecule has 2 unspecified atom stereocenters. The lowest BCUT2D eigenvalue weighted by molar-refractivity contribution is 0.204. The van der Waals surface area contributed by atoms with Crippen molar-refractivity contribution in [3.63, 3.8) is 0 Å². The van der Waals surface area contributed by atoms with E-state index in [0.717, 1.165) is 0 Å². The van der Waals surface area contributed by atoms with Crippen molar-refractivity contribution in [1.29, 1.82) is 0 Å². The molecular weight excluding hydrogens is 112 g/mol. The highest BCUT2D eigenvalue weighted by atomic mass is 15.4. The van der Waals surface area contributed by atoms with Gasteiger partial charge in [0, 0.05) is 12.1 Å². The van der Waals surface area contributed by atoms with Crippen molar-refractivity contribution in [3.8, 4) is 0 Å². The molecule has 1 fully saturated rings. The summed E-state index contributed by atoms with van der Waals surface area (Å²) in [5.74, 6) is 5.77. The quantitative estimate of drug-likeness (QED) is 0.536. The molecule has 2 N–H and O–H groups in total. The second-order valence-corrected chi connectivity index (χ2v) is 2.94. The molecule has 0 saturated carbocycles. The van der Waals surface area contributed by atoms with Gasteiger partial charge in [-0.15, -0.1) is 0 Å². The second-order valence-electron chi connectivity index (χ2n) is 2.94. The summed E-state index contributed by atoms with van der Waals surface area (Å²) in [6.07, 6.45) is 3.75. The fraction of sp³-hybridized carbons (Fsp3) is 1.00. The molecule has 0 bridgehead atoms. The van der Waals surface area contributed by atoms with Crippen LogP contribution in [-0.2, 0) is 0 Å². The van der Waals surface area contributed by atoms with Gasteiger partial charge < -0.3 is 0 Å². The largest absolute Gasteiger partial charge is 0.268 e. The van der Waals surface area contributed by atoms with Crippen LogP contribution in [0.25, 0.3) is 0 Å². The molecule has 2 atom stereocenters. The van der Waals surface area contributed by atoms with E-state index in [-0.39, 0.29) is 0 Å². The summed E-state index contributed by atoms with van der Waals surface area (Å²) in [5.41, 5.74) is 0. The fourth-order valence-corrected chi connectivity index (χ4v) is 1.51. The van der Waals surface area contributed by atoms with Gasteiger partial charge in [0.25, 0.3) is 0 Å². The van der Waals surface area contributed by atoms with Gasteiger partial charge in [-0.05, 0) is 26.2 Å². The van der Waals surface area contributed by atoms with Gasteiger partial charge in [-0.1, -0.05) is 6.92 Å². The Morgan fingerprint density at radius 3 is 2.44 bits per heavy atom. The molecule has 2 heteroatoms. The van der Waals surface area contributed by atoms with Gasteiger partial charge in [0.15, 0.2) is 0 Å². The highest BCUT2D eigenvalue weighted by Crippen LogP contribution is 2.21. The number of nitrogens with zero attached hydrogens (tertiary/aromatic N) is 1. The van der Waals surface area contributed by atoms with Gasteiger partial charge in [0.1, 0.15) is 0 Å². The number of hydrogen-bond donors (Lipinski definition) is 1. The van der Waals surface area contributed by atoms with Gasteiger partial charge in [0.05, 0.1) is 0 Å². The standard InChI is InChI=1S/C7H16N2/c1-3-7-5-4-6(2)9(7)8/h6-7H,3-5,8H2,1-2H3. The molecule has 0 aromatic rings. The lowest BCUT2D eigenvalue weighted by Crippen LogP contribution is -2.40. The summed E-state index contributed by atoms with van der Waals surface area (Å²) in [5, 5.41) is 2.00. The first-order valence-electron chi connectivity index (χ1n) is 3.78. The van der Waals surface area contributed by atoms with E-state index in [4.69, 9.17) is 5.84 Å². The molecule has 0 aromatic heterocycles. The molecule has 1 aliphatic heterocycles. The summed E-state index contributed by atoms with van der Waals surface area (Å²) in [4.78, 5) is 0. The zero-order valence-corrected chi connectivity index (χ0v) is 6.30. The van der Waals surface area contributed by atoms with E-state index in [9.17, 15) is 0 Å². The van der Waals surface area contributed by atoms with E-state index < -0.39 is 0 Å². The molecule has 54 valence electrons. The normalized spacial score (nSPS) is 37.7. The van der Waals surface area contributed by atoms with Crippen molar-refractivity contribution in [1.82, 2.24) is 5.01 Å². The predicted octanol–water partition coefficient (Wildman–Crippen LogP) is 1.12. The van der Waals surface area contributed by atoms with Crippen LogP contribution in [0.1, 0.15) is 33.1 Å². The Labute approximate surface area is 57.0 Å². The molecule has 0 aromatic carbocycles. The second kappa shape index (κ2) is 2.67. The minimum absolute atomic E-state index is 0.606. The monoisotopic (exact) mass is 128 g/mol. The summed E-state index contributed by atoms with van der Waals surface area (Å²) < 4.78 is 0. The van der Waals surface area contributed by atoms with Crippen LogP contribution < -0.4 is 5.84 Å². The van der Waals surface area contributed by atoms with Crippen molar-refractivity contribution in [2.75, 3.05) is 0 Å². The first kappa shape index (κ1) is 7.03. The summed E-state index contributed by atoms with van der Waals surface area (Å²) in [6.45, 7) is 4.39. The Morgan fingerprint density at radius 2 is 2.22 bits per heavy atom. The molecule has 2 nitrogen and oxygen atoms in total. The highest BCUT2D eigenvalue weighted by molar-refractivity contribution is 4.79. The van der Waals surface area contributed by atoms with E-state index in [2.05, 4.69) is 13.8 Å². The van der Waals surface area contributed by atoms with Crippen LogP contribution in [0.15, 0.2) is 0 Å². The Morgan fingerprint density at radius 1 is 1.56 bits per heavy atom. The summed E-state index contributed by atoms with van der Waals surface area (Å²) in [6, 6.07) is 1.26. The Bertz CT molecular complexity index is 92.9. The van der Waals surface area contributed by atoms with Crippen molar-refractivity contribution < 1.29 is 0 Å². The minimum atomic E-state index is 0.606. The maximum absolute atomic E-state index is 5.77. The predicted molar refractivity (Wildman–Crippen MR) is 38.8 cm³/mol. The van der Waals surface area contributed by atoms with Crippen LogP contribution in [0.4, 0.5) is 0 Å². The van der Waals surface area contributed by atoms with E-state index in [0.29, 0.717) is 12.1 Å². The molecule has 0 aliphatic carbocycles. The molecular formula is C7H16N2. The van der Waals surface area contributed by atoms with Gasteiger partial charge in [0.2, 0.25) is 0 Å². The lowest BCUT2D eigenvalue weighted by Gasteiger charge is -2.20. The third-order valence-corrected chi connectivity index (χ3v) is 2.32. The SMILES string of the molecule is CCC1CCC(C)N1N. The number of hydrogen-bond acceptors (Lipinski definition) is 2. The van der Waals surface area contributed by atoms with Crippen molar-refractivity contribution >= 4 is 0 Å². The van der Waals surface area contributed by atoms with Crippen molar-refractivity contribution in [2.24, 2.45) is 5.84 Å². The van der Waals surface area contributed by atoms with Crippen LogP contribution in [0.2, 0.25) is 0 Å². The van der Waals surface area contributed by atoms with E-state index >= 15 is 0 Å². The molecule has 1 aliphatic rings. The first-order chi connectivity index (χ1) is 4.25. The first-order valence-corrected chi connectivity index (χ1v) is 3.78. The van der Waals surface area contributed by atoms with Gasteiger partial charge >= 0.3 is 0 Å². The third-order valence-electron chi connectivity index (χ3n) is 2.32. The number of nitrogens with two attached hydrogens (primary N) is 1. The van der Waals surface area contributed by atoms with Crippen LogP contribution in [0.5, 0.6) is 0 Å². The van der Waals surface area contributed by atoms with Gasteiger partial charge in [-0.25, -0.2) is 5.01 Å². The van der Waals surface area contributed by atoms with Gasteiger partial charge in [-0.3, -0.25) is 5.84 Å². The average Bonchev–Trinajstić information content (AvgIpc) is 2.15. The smallest absolute Gasteiger partial charge is 0.0242 e. The van der Waals surface area contributed by atoms with Gasteiger partial charge in [-0.2, -0.15) is 0 Å².